The number of benzene rings is 1. The summed E-state index contributed by atoms with van der Waals surface area (Å²) in [5.41, 5.74) is 1.45. The minimum atomic E-state index is -0.770. The number of rotatable bonds is 4. The fourth-order valence-corrected chi connectivity index (χ4v) is 4.30. The number of hydrogen-bond donors (Lipinski definition) is 2. The number of halogens is 2. The van der Waals surface area contributed by atoms with Gasteiger partial charge < -0.3 is 15.2 Å². The van der Waals surface area contributed by atoms with Crippen molar-refractivity contribution in [3.63, 3.8) is 0 Å². The molecule has 2 aliphatic rings. The van der Waals surface area contributed by atoms with Crippen molar-refractivity contribution in [3.8, 4) is 0 Å². The molecule has 9 heteroatoms. The monoisotopic (exact) mass is 421 g/mol. The first-order valence-corrected chi connectivity index (χ1v) is 9.93. The Bertz CT molecular complexity index is 971. The Kier molecular flexibility index (Phi) is 5.18. The molecule has 1 atom stereocenters. The van der Waals surface area contributed by atoms with Gasteiger partial charge >= 0.3 is 5.97 Å². The summed E-state index contributed by atoms with van der Waals surface area (Å²) in [7, 11) is 1.30. The van der Waals surface area contributed by atoms with E-state index in [2.05, 4.69) is 15.3 Å². The van der Waals surface area contributed by atoms with Crippen LogP contribution >= 0.6 is 22.9 Å². The summed E-state index contributed by atoms with van der Waals surface area (Å²) in [6, 6.07) is 3.23. The maximum atomic E-state index is 13.6. The van der Waals surface area contributed by atoms with Gasteiger partial charge in [-0.05, 0) is 25.0 Å². The molecule has 1 aliphatic heterocycles. The van der Waals surface area contributed by atoms with Gasteiger partial charge in [0.05, 0.1) is 18.8 Å². The van der Waals surface area contributed by atoms with Gasteiger partial charge in [0, 0.05) is 33.8 Å². The zero-order chi connectivity index (χ0) is 19.8. The van der Waals surface area contributed by atoms with Crippen LogP contribution in [0.3, 0.4) is 0 Å². The summed E-state index contributed by atoms with van der Waals surface area (Å²) in [6.07, 6.45) is 2.31. The smallest absolute Gasteiger partial charge is 0.338 e. The Labute approximate surface area is 169 Å². The number of methoxy groups -OCH3 is 1. The molecular formula is C19H17ClFN3O3S. The molecule has 4 rings (SSSR count). The van der Waals surface area contributed by atoms with Crippen LogP contribution in [0.15, 0.2) is 46.0 Å². The molecule has 2 aromatic rings. The number of carbonyl (C=O) groups excluding carboxylic acids is 1. The van der Waals surface area contributed by atoms with Crippen molar-refractivity contribution >= 4 is 34.7 Å². The van der Waals surface area contributed by atoms with Crippen LogP contribution in [0, 0.1) is 11.7 Å². The zero-order valence-corrected chi connectivity index (χ0v) is 16.4. The van der Waals surface area contributed by atoms with Gasteiger partial charge in [0.15, 0.2) is 10.8 Å². The third kappa shape index (κ3) is 3.43. The van der Waals surface area contributed by atoms with Gasteiger partial charge in [-0.3, -0.25) is 4.99 Å². The number of allylic oxidation sites excluding steroid dienone is 1. The van der Waals surface area contributed by atoms with Gasteiger partial charge in [-0.2, -0.15) is 0 Å². The van der Waals surface area contributed by atoms with Crippen LogP contribution in [0.5, 0.6) is 0 Å². The lowest BCUT2D eigenvalue weighted by Gasteiger charge is -2.38. The van der Waals surface area contributed by atoms with Crippen LogP contribution in [-0.2, 0) is 9.53 Å². The van der Waals surface area contributed by atoms with Crippen molar-refractivity contribution < 1.29 is 19.0 Å². The molecule has 0 amide bonds. The number of ether oxygens (including phenoxy) is 1. The highest BCUT2D eigenvalue weighted by atomic mass is 35.5. The summed E-state index contributed by atoms with van der Waals surface area (Å²) >= 11 is 7.69. The summed E-state index contributed by atoms with van der Waals surface area (Å²) in [6.45, 7) is 0. The average molecular weight is 422 g/mol. The number of nitrogens with zero attached hydrogens (tertiary/aromatic N) is 2. The molecule has 6 nitrogen and oxygen atoms in total. The number of amidine groups is 1. The minimum absolute atomic E-state index is 0.0451. The Morgan fingerprint density at radius 1 is 1.43 bits per heavy atom. The van der Waals surface area contributed by atoms with Crippen molar-refractivity contribution in [2.75, 3.05) is 7.11 Å². The SMILES string of the molecule is COC(=O)C1=C(C2CC(O)C2)NC(c2nccs2)=NC1c1ccc(F)cc1Cl. The van der Waals surface area contributed by atoms with E-state index in [9.17, 15) is 14.3 Å². The van der Waals surface area contributed by atoms with E-state index in [1.807, 2.05) is 5.38 Å². The first-order chi connectivity index (χ1) is 13.5. The first-order valence-electron chi connectivity index (χ1n) is 8.68. The molecule has 146 valence electrons. The Morgan fingerprint density at radius 2 is 2.21 bits per heavy atom. The predicted octanol–water partition coefficient (Wildman–Crippen LogP) is 3.22. The molecule has 0 saturated heterocycles. The lowest BCUT2D eigenvalue weighted by molar-refractivity contribution is -0.136. The molecule has 0 radical (unpaired) electrons. The summed E-state index contributed by atoms with van der Waals surface area (Å²) < 4.78 is 18.6. The number of aliphatic hydroxyl groups excluding tert-OH is 1. The first kappa shape index (κ1) is 19.0. The van der Waals surface area contributed by atoms with Gasteiger partial charge in [0.25, 0.3) is 0 Å². The maximum absolute atomic E-state index is 13.6. The summed E-state index contributed by atoms with van der Waals surface area (Å²) in [5, 5.41) is 15.6. The number of aliphatic hydroxyl groups is 1. The molecule has 1 aromatic heterocycles. The topological polar surface area (TPSA) is 83.8 Å². The molecular weight excluding hydrogens is 405 g/mol. The molecule has 1 fully saturated rings. The zero-order valence-electron chi connectivity index (χ0n) is 14.9. The average Bonchev–Trinajstić information content (AvgIpc) is 3.19. The number of hydrogen-bond acceptors (Lipinski definition) is 7. The highest BCUT2D eigenvalue weighted by Gasteiger charge is 2.40. The molecule has 2 heterocycles. The lowest BCUT2D eigenvalue weighted by Crippen LogP contribution is -2.42. The van der Waals surface area contributed by atoms with Gasteiger partial charge in [0.1, 0.15) is 11.9 Å². The Balaban J connectivity index is 1.87. The summed E-state index contributed by atoms with van der Waals surface area (Å²) in [5.74, 6) is -0.560. The number of nitrogens with one attached hydrogen (secondary N) is 1. The van der Waals surface area contributed by atoms with E-state index in [-0.39, 0.29) is 10.9 Å². The highest BCUT2D eigenvalue weighted by Crippen LogP contribution is 2.42. The molecule has 1 saturated carbocycles. The van der Waals surface area contributed by atoms with E-state index in [4.69, 9.17) is 16.3 Å². The molecule has 0 spiro atoms. The fraction of sp³-hybridized carbons (Fsp3) is 0.316. The maximum Gasteiger partial charge on any atom is 0.338 e. The van der Waals surface area contributed by atoms with Gasteiger partial charge in [-0.25, -0.2) is 14.2 Å². The third-order valence-corrected chi connectivity index (χ3v) is 6.00. The molecule has 1 aromatic carbocycles. The van der Waals surface area contributed by atoms with Gasteiger partial charge in [-0.15, -0.1) is 11.3 Å². The van der Waals surface area contributed by atoms with Crippen molar-refractivity contribution in [3.05, 3.63) is 62.5 Å². The standard InChI is InChI=1S/C19H17ClFN3O3S/c1-27-19(26)14-15(9-6-11(25)7-9)23-17(18-22-4-5-28-18)24-16(14)12-3-2-10(21)8-13(12)20/h2-5,8-9,11,16,25H,6-7H2,1H3,(H,23,24). The quantitative estimate of drug-likeness (QED) is 0.740. The van der Waals surface area contributed by atoms with Crippen LogP contribution < -0.4 is 5.32 Å². The van der Waals surface area contributed by atoms with E-state index < -0.39 is 23.9 Å². The second kappa shape index (κ2) is 7.62. The fourth-order valence-electron chi connectivity index (χ4n) is 3.44. The highest BCUT2D eigenvalue weighted by molar-refractivity contribution is 7.11. The molecule has 0 bridgehead atoms. The van der Waals surface area contributed by atoms with Crippen molar-refractivity contribution in [2.24, 2.45) is 10.9 Å². The predicted molar refractivity (Wildman–Crippen MR) is 104 cm³/mol. The number of aliphatic imine (C=N–C) groups is 1. The largest absolute Gasteiger partial charge is 0.466 e. The number of aromatic nitrogens is 1. The van der Waals surface area contributed by atoms with Crippen molar-refractivity contribution in [1.82, 2.24) is 10.3 Å². The lowest BCUT2D eigenvalue weighted by atomic mass is 9.77. The number of carbonyl (C=O) groups is 1. The van der Waals surface area contributed by atoms with Gasteiger partial charge in [0.2, 0.25) is 0 Å². The van der Waals surface area contributed by atoms with E-state index >= 15 is 0 Å². The Hall–Kier alpha value is -2.29. The van der Waals surface area contributed by atoms with E-state index in [0.29, 0.717) is 40.5 Å². The van der Waals surface area contributed by atoms with E-state index in [1.165, 1.54) is 36.6 Å². The van der Waals surface area contributed by atoms with Crippen LogP contribution in [0.4, 0.5) is 4.39 Å². The van der Waals surface area contributed by atoms with E-state index in [1.54, 1.807) is 6.20 Å². The summed E-state index contributed by atoms with van der Waals surface area (Å²) in [4.78, 5) is 21.6. The van der Waals surface area contributed by atoms with Crippen LogP contribution in [-0.4, -0.2) is 35.1 Å². The van der Waals surface area contributed by atoms with Gasteiger partial charge in [-0.1, -0.05) is 17.7 Å². The Morgan fingerprint density at radius 3 is 2.82 bits per heavy atom. The van der Waals surface area contributed by atoms with Crippen LogP contribution in [0.25, 0.3) is 0 Å². The second-order valence-electron chi connectivity index (χ2n) is 6.65. The molecule has 1 aliphatic carbocycles. The van der Waals surface area contributed by atoms with Crippen LogP contribution in [0.1, 0.15) is 29.5 Å². The molecule has 1 unspecified atom stereocenters. The second-order valence-corrected chi connectivity index (χ2v) is 7.95. The van der Waals surface area contributed by atoms with Crippen molar-refractivity contribution in [2.45, 2.75) is 25.0 Å². The van der Waals surface area contributed by atoms with Crippen LogP contribution in [0.2, 0.25) is 5.02 Å². The number of thiazole rings is 1. The minimum Gasteiger partial charge on any atom is -0.466 e. The number of esters is 1. The molecule has 28 heavy (non-hydrogen) atoms. The molecule has 2 N–H and O–H groups in total. The third-order valence-electron chi connectivity index (χ3n) is 4.89. The van der Waals surface area contributed by atoms with Crippen molar-refractivity contribution in [1.29, 1.82) is 0 Å². The normalized spacial score (nSPS) is 24.3. The van der Waals surface area contributed by atoms with E-state index in [0.717, 1.165) is 0 Å².